The molecule has 0 aliphatic heterocycles. The number of benzene rings is 4. The van der Waals surface area contributed by atoms with Gasteiger partial charge in [-0.05, 0) is 119 Å². The van der Waals surface area contributed by atoms with Crippen LogP contribution < -0.4 is 4.74 Å². The Hall–Kier alpha value is -5.29. The van der Waals surface area contributed by atoms with Crippen LogP contribution in [0.3, 0.4) is 0 Å². The van der Waals surface area contributed by atoms with Crippen molar-refractivity contribution in [1.82, 2.24) is 4.57 Å². The molecule has 0 amide bonds. The van der Waals surface area contributed by atoms with Gasteiger partial charge in [-0.15, -0.1) is 0 Å². The zero-order valence-electron chi connectivity index (χ0n) is 35.4. The van der Waals surface area contributed by atoms with Gasteiger partial charge in [-0.25, -0.2) is 9.18 Å². The Bertz CT molecular complexity index is 2230. The summed E-state index contributed by atoms with van der Waals surface area (Å²) in [4.78, 5) is 37.9. The number of para-hydroxylation sites is 1. The van der Waals surface area contributed by atoms with Gasteiger partial charge in [-0.2, -0.15) is 0 Å². The lowest BCUT2D eigenvalue weighted by atomic mass is 10.0. The fourth-order valence-electron chi connectivity index (χ4n) is 7.21. The molecule has 0 radical (unpaired) electrons. The van der Waals surface area contributed by atoms with E-state index < -0.39 is 29.7 Å². The van der Waals surface area contributed by atoms with Gasteiger partial charge in [0.2, 0.25) is 0 Å². The molecule has 1 heterocycles. The van der Waals surface area contributed by atoms with Crippen molar-refractivity contribution in [2.24, 2.45) is 0 Å². The summed E-state index contributed by atoms with van der Waals surface area (Å²) in [5.74, 6) is -0.989. The number of rotatable bonds is 23. The number of unbranched alkanes of at least 4 members (excludes halogenated alkanes) is 6. The van der Waals surface area contributed by atoms with Crippen molar-refractivity contribution in [1.29, 1.82) is 0 Å². The second-order valence-electron chi connectivity index (χ2n) is 16.1. The van der Waals surface area contributed by atoms with Crippen molar-refractivity contribution in [3.8, 4) is 16.9 Å². The summed E-state index contributed by atoms with van der Waals surface area (Å²) in [5.41, 5.74) is 3.46. The van der Waals surface area contributed by atoms with Crippen molar-refractivity contribution >= 4 is 46.3 Å². The predicted octanol–water partition coefficient (Wildman–Crippen LogP) is 11.1. The van der Waals surface area contributed by atoms with Gasteiger partial charge in [-0.1, -0.05) is 80.1 Å². The number of ether oxygens (including phenoxy) is 3. The molecular formula is C50H57ClFNO8. The molecule has 4 aromatic carbocycles. The number of halogens is 2. The van der Waals surface area contributed by atoms with Crippen LogP contribution in [0.15, 0.2) is 103 Å². The van der Waals surface area contributed by atoms with E-state index in [0.29, 0.717) is 28.3 Å². The molecule has 0 aliphatic rings. The number of aromatic nitrogens is 1. The average Bonchev–Trinajstić information content (AvgIpc) is 3.56. The number of nitrogens with zero attached hydrogens (tertiary/aromatic N) is 1. The monoisotopic (exact) mass is 853 g/mol. The Kier molecular flexibility index (Phi) is 17.3. The second-order valence-corrected chi connectivity index (χ2v) is 16.5. The lowest BCUT2D eigenvalue weighted by Gasteiger charge is -2.24. The number of aliphatic hydroxyl groups is 2. The maximum atomic E-state index is 13.8. The van der Waals surface area contributed by atoms with Gasteiger partial charge in [0, 0.05) is 50.8 Å². The second kappa shape index (κ2) is 22.5. The SMILES string of the molecule is CC(C)n1c(/C=C/[C@@H](O)C[C@@H](O)CC(=O)OCCCCCCCCCOC(=O)C(C)(C)Oc2ccc(C(=O)c3ccc(Cl)cc3)cc2)c(-c2ccc(F)cc2)c2ccccc21. The Labute approximate surface area is 363 Å². The van der Waals surface area contributed by atoms with Gasteiger partial charge >= 0.3 is 11.9 Å². The summed E-state index contributed by atoms with van der Waals surface area (Å²) >= 11 is 5.92. The van der Waals surface area contributed by atoms with Crippen LogP contribution in [-0.2, 0) is 19.1 Å². The number of carbonyl (C=O) groups excluding carboxylic acids is 3. The molecule has 2 N–H and O–H groups in total. The molecule has 0 spiro atoms. The minimum atomic E-state index is -1.21. The molecule has 1 aromatic heterocycles. The van der Waals surface area contributed by atoms with E-state index in [0.717, 1.165) is 66.2 Å². The lowest BCUT2D eigenvalue weighted by molar-refractivity contribution is -0.159. The minimum absolute atomic E-state index is 0.0322. The van der Waals surface area contributed by atoms with E-state index in [-0.39, 0.29) is 43.7 Å². The van der Waals surface area contributed by atoms with Crippen LogP contribution in [0.2, 0.25) is 5.02 Å². The van der Waals surface area contributed by atoms with Crippen LogP contribution in [-0.4, -0.2) is 63.5 Å². The maximum absolute atomic E-state index is 13.8. The van der Waals surface area contributed by atoms with Crippen molar-refractivity contribution in [2.75, 3.05) is 13.2 Å². The third-order valence-corrected chi connectivity index (χ3v) is 10.6. The van der Waals surface area contributed by atoms with Crippen LogP contribution >= 0.6 is 11.6 Å². The molecule has 0 saturated carbocycles. The minimum Gasteiger partial charge on any atom is -0.476 e. The third-order valence-electron chi connectivity index (χ3n) is 10.4. The van der Waals surface area contributed by atoms with Crippen LogP contribution in [0.4, 0.5) is 4.39 Å². The smallest absolute Gasteiger partial charge is 0.349 e. The zero-order valence-corrected chi connectivity index (χ0v) is 36.2. The molecular weight excluding hydrogens is 797 g/mol. The molecule has 5 aromatic rings. The number of aliphatic hydroxyl groups excluding tert-OH is 2. The van der Waals surface area contributed by atoms with E-state index in [1.807, 2.05) is 30.3 Å². The topological polar surface area (TPSA) is 124 Å². The number of esters is 2. The third kappa shape index (κ3) is 13.6. The first kappa shape index (κ1) is 46.8. The van der Waals surface area contributed by atoms with Crippen LogP contribution in [0.5, 0.6) is 5.75 Å². The number of ketones is 1. The largest absolute Gasteiger partial charge is 0.476 e. The zero-order chi connectivity index (χ0) is 43.9. The Morgan fingerprint density at radius 3 is 1.97 bits per heavy atom. The predicted molar refractivity (Wildman–Crippen MR) is 238 cm³/mol. The summed E-state index contributed by atoms with van der Waals surface area (Å²) in [7, 11) is 0. The average molecular weight is 854 g/mol. The molecule has 0 saturated heterocycles. The van der Waals surface area contributed by atoms with Crippen LogP contribution in [0, 0.1) is 5.82 Å². The first-order valence-electron chi connectivity index (χ1n) is 21.1. The van der Waals surface area contributed by atoms with Crippen molar-refractivity contribution in [3.05, 3.63) is 131 Å². The fourth-order valence-corrected chi connectivity index (χ4v) is 7.33. The Morgan fingerprint density at radius 2 is 1.34 bits per heavy atom. The molecule has 0 bridgehead atoms. The Balaban J connectivity index is 0.930. The summed E-state index contributed by atoms with van der Waals surface area (Å²) in [6.45, 7) is 8.00. The maximum Gasteiger partial charge on any atom is 0.349 e. The van der Waals surface area contributed by atoms with Crippen LogP contribution in [0.1, 0.15) is 113 Å². The standard InChI is InChI=1S/C50H57ClFNO8/c1-34(2)53-44-15-11-10-14-43(44)47(35-18-24-39(52)25-19-35)45(53)29-26-40(54)32-41(55)33-46(56)59-30-12-8-6-5-7-9-13-31-60-49(58)50(3,4)61-42-27-20-37(21-28-42)48(57)36-16-22-38(51)23-17-36/h10-11,14-29,34,40-41,54-55H,5-9,12-13,30-33H2,1-4H3/b29-26+/t40-,41-/m1/s1. The number of hydrogen-bond donors (Lipinski definition) is 2. The first-order chi connectivity index (χ1) is 29.2. The quantitative estimate of drug-likeness (QED) is 0.0378. The van der Waals surface area contributed by atoms with Gasteiger partial charge in [-0.3, -0.25) is 9.59 Å². The fraction of sp³-hybridized carbons (Fsp3) is 0.380. The highest BCUT2D eigenvalue weighted by molar-refractivity contribution is 6.30. The van der Waals surface area contributed by atoms with E-state index >= 15 is 0 Å². The molecule has 0 aliphatic carbocycles. The number of fused-ring (bicyclic) bond motifs is 1. The van der Waals surface area contributed by atoms with E-state index in [1.54, 1.807) is 80.6 Å². The van der Waals surface area contributed by atoms with Gasteiger partial charge < -0.3 is 29.0 Å². The first-order valence-corrected chi connectivity index (χ1v) is 21.5. The Morgan fingerprint density at radius 1 is 0.770 bits per heavy atom. The van der Waals surface area contributed by atoms with E-state index in [4.69, 9.17) is 25.8 Å². The molecule has 0 fully saturated rings. The molecule has 324 valence electrons. The van der Waals surface area contributed by atoms with Gasteiger partial charge in [0.05, 0.1) is 31.8 Å². The highest BCUT2D eigenvalue weighted by atomic mass is 35.5. The number of carbonyl (C=O) groups is 3. The lowest BCUT2D eigenvalue weighted by Crippen LogP contribution is -2.39. The summed E-state index contributed by atoms with van der Waals surface area (Å²) in [6.07, 6.45) is 7.32. The summed E-state index contributed by atoms with van der Waals surface area (Å²) < 4.78 is 32.7. The molecule has 5 rings (SSSR count). The van der Waals surface area contributed by atoms with Gasteiger partial charge in [0.25, 0.3) is 0 Å². The molecule has 0 unspecified atom stereocenters. The number of hydrogen-bond acceptors (Lipinski definition) is 8. The van der Waals surface area contributed by atoms with Crippen molar-refractivity contribution in [2.45, 2.75) is 109 Å². The summed E-state index contributed by atoms with van der Waals surface area (Å²) in [5, 5.41) is 23.0. The summed E-state index contributed by atoms with van der Waals surface area (Å²) in [6, 6.07) is 27.8. The van der Waals surface area contributed by atoms with Gasteiger partial charge in [0.1, 0.15) is 11.6 Å². The molecule has 11 heteroatoms. The molecule has 61 heavy (non-hydrogen) atoms. The van der Waals surface area contributed by atoms with Crippen molar-refractivity contribution < 1.29 is 43.2 Å². The van der Waals surface area contributed by atoms with E-state index in [1.165, 1.54) is 12.1 Å². The molecule has 2 atom stereocenters. The normalized spacial score (nSPS) is 12.8. The van der Waals surface area contributed by atoms with E-state index in [9.17, 15) is 29.0 Å². The van der Waals surface area contributed by atoms with Crippen LogP contribution in [0.25, 0.3) is 28.1 Å². The van der Waals surface area contributed by atoms with Crippen molar-refractivity contribution in [3.63, 3.8) is 0 Å². The highest BCUT2D eigenvalue weighted by Gasteiger charge is 2.32. The van der Waals surface area contributed by atoms with Gasteiger partial charge in [0.15, 0.2) is 11.4 Å². The van der Waals surface area contributed by atoms with E-state index in [2.05, 4.69) is 18.4 Å². The highest BCUT2D eigenvalue weighted by Crippen LogP contribution is 2.38. The molecule has 9 nitrogen and oxygen atoms in total.